The van der Waals surface area contributed by atoms with E-state index in [1.165, 1.54) is 12.5 Å². The normalized spacial score (nSPS) is 11.6. The van der Waals surface area contributed by atoms with Crippen LogP contribution in [0.15, 0.2) is 39.8 Å². The van der Waals surface area contributed by atoms with E-state index < -0.39 is 9.84 Å². The first-order valence-electron chi connectivity index (χ1n) is 4.69. The van der Waals surface area contributed by atoms with Crippen LogP contribution in [0.5, 0.6) is 0 Å². The molecule has 0 bridgehead atoms. The van der Waals surface area contributed by atoms with E-state index >= 15 is 0 Å². The summed E-state index contributed by atoms with van der Waals surface area (Å²) in [5.74, 6) is 0.555. The zero-order chi connectivity index (χ0) is 11.8. The molecular formula is C11H11NO3S. The monoisotopic (exact) mass is 237 g/mol. The van der Waals surface area contributed by atoms with E-state index in [1.807, 2.05) is 0 Å². The van der Waals surface area contributed by atoms with E-state index in [0.717, 1.165) is 5.56 Å². The van der Waals surface area contributed by atoms with Crippen LogP contribution in [0.4, 0.5) is 0 Å². The number of aromatic nitrogens is 1. The Morgan fingerprint density at radius 2 is 2.06 bits per heavy atom. The summed E-state index contributed by atoms with van der Waals surface area (Å²) >= 11 is 0. The number of hydrogen-bond acceptors (Lipinski definition) is 4. The van der Waals surface area contributed by atoms with Gasteiger partial charge in [-0.3, -0.25) is 0 Å². The SMILES string of the molecule is Cc1nc(-c2cccc(S(C)(=O)=O)c2)co1. The van der Waals surface area contributed by atoms with Crippen molar-refractivity contribution < 1.29 is 12.8 Å². The number of nitrogens with zero attached hydrogens (tertiary/aromatic N) is 1. The molecule has 0 saturated heterocycles. The lowest BCUT2D eigenvalue weighted by atomic mass is 10.2. The summed E-state index contributed by atoms with van der Waals surface area (Å²) in [5.41, 5.74) is 1.38. The van der Waals surface area contributed by atoms with E-state index in [0.29, 0.717) is 11.6 Å². The van der Waals surface area contributed by atoms with Gasteiger partial charge in [-0.05, 0) is 12.1 Å². The number of aryl methyl sites for hydroxylation is 1. The predicted octanol–water partition coefficient (Wildman–Crippen LogP) is 2.05. The minimum absolute atomic E-state index is 0.283. The first kappa shape index (κ1) is 10.9. The molecule has 0 amide bonds. The van der Waals surface area contributed by atoms with E-state index in [2.05, 4.69) is 4.98 Å². The summed E-state index contributed by atoms with van der Waals surface area (Å²) in [7, 11) is -3.18. The highest BCUT2D eigenvalue weighted by atomic mass is 32.2. The number of benzene rings is 1. The standard InChI is InChI=1S/C11H11NO3S/c1-8-12-11(7-15-8)9-4-3-5-10(6-9)16(2,13)14/h3-7H,1-2H3. The highest BCUT2D eigenvalue weighted by Crippen LogP contribution is 2.21. The van der Waals surface area contributed by atoms with Crippen molar-refractivity contribution in [3.63, 3.8) is 0 Å². The molecule has 2 rings (SSSR count). The fourth-order valence-corrected chi connectivity index (χ4v) is 2.05. The number of oxazole rings is 1. The molecule has 0 fully saturated rings. The molecule has 1 aromatic carbocycles. The van der Waals surface area contributed by atoms with Crippen LogP contribution in [-0.4, -0.2) is 19.7 Å². The summed E-state index contributed by atoms with van der Waals surface area (Å²) in [6.45, 7) is 1.74. The number of hydrogen-bond donors (Lipinski definition) is 0. The topological polar surface area (TPSA) is 60.2 Å². The van der Waals surface area contributed by atoms with Crippen LogP contribution in [0.3, 0.4) is 0 Å². The maximum absolute atomic E-state index is 11.4. The van der Waals surface area contributed by atoms with Gasteiger partial charge in [0.05, 0.1) is 4.90 Å². The maximum atomic E-state index is 11.4. The molecule has 1 aromatic heterocycles. The van der Waals surface area contributed by atoms with Gasteiger partial charge in [-0.25, -0.2) is 13.4 Å². The van der Waals surface area contributed by atoms with Crippen molar-refractivity contribution in [2.45, 2.75) is 11.8 Å². The average molecular weight is 237 g/mol. The highest BCUT2D eigenvalue weighted by molar-refractivity contribution is 7.90. The molecule has 0 radical (unpaired) electrons. The summed E-state index contributed by atoms with van der Waals surface area (Å²) in [4.78, 5) is 4.43. The molecule has 0 spiro atoms. The smallest absolute Gasteiger partial charge is 0.191 e. The molecule has 2 aromatic rings. The van der Waals surface area contributed by atoms with E-state index in [9.17, 15) is 8.42 Å². The summed E-state index contributed by atoms with van der Waals surface area (Å²) in [6.07, 6.45) is 2.69. The first-order valence-corrected chi connectivity index (χ1v) is 6.58. The van der Waals surface area contributed by atoms with Gasteiger partial charge < -0.3 is 4.42 Å². The Morgan fingerprint density at radius 1 is 1.31 bits per heavy atom. The van der Waals surface area contributed by atoms with Crippen LogP contribution in [0.2, 0.25) is 0 Å². The lowest BCUT2D eigenvalue weighted by Crippen LogP contribution is -1.96. The Balaban J connectivity index is 2.52. The van der Waals surface area contributed by atoms with Gasteiger partial charge >= 0.3 is 0 Å². The lowest BCUT2D eigenvalue weighted by molar-refractivity contribution is 0.521. The molecule has 0 unspecified atom stereocenters. The van der Waals surface area contributed by atoms with Gasteiger partial charge in [-0.2, -0.15) is 0 Å². The van der Waals surface area contributed by atoms with Gasteiger partial charge in [-0.15, -0.1) is 0 Å². The van der Waals surface area contributed by atoms with E-state index in [1.54, 1.807) is 31.2 Å². The molecule has 0 aliphatic carbocycles. The second-order valence-electron chi connectivity index (χ2n) is 3.55. The van der Waals surface area contributed by atoms with Crippen molar-refractivity contribution in [2.75, 3.05) is 6.26 Å². The molecule has 4 nitrogen and oxygen atoms in total. The molecule has 0 aliphatic rings. The van der Waals surface area contributed by atoms with Gasteiger partial charge in [0.25, 0.3) is 0 Å². The second-order valence-corrected chi connectivity index (χ2v) is 5.57. The summed E-state index contributed by atoms with van der Waals surface area (Å²) in [6, 6.07) is 6.64. The second kappa shape index (κ2) is 3.75. The third-order valence-corrected chi connectivity index (χ3v) is 3.29. The van der Waals surface area contributed by atoms with Gasteiger partial charge in [-0.1, -0.05) is 12.1 Å². The van der Waals surface area contributed by atoms with E-state index in [4.69, 9.17) is 4.42 Å². The molecule has 1 heterocycles. The van der Waals surface area contributed by atoms with Crippen molar-refractivity contribution in [3.8, 4) is 11.3 Å². The number of sulfone groups is 1. The van der Waals surface area contributed by atoms with Gasteiger partial charge in [0.15, 0.2) is 15.7 Å². The fourth-order valence-electron chi connectivity index (χ4n) is 1.38. The van der Waals surface area contributed by atoms with Crippen molar-refractivity contribution in [3.05, 3.63) is 36.4 Å². The van der Waals surface area contributed by atoms with Crippen LogP contribution in [0.1, 0.15) is 5.89 Å². The third kappa shape index (κ3) is 2.14. The van der Waals surface area contributed by atoms with Gasteiger partial charge in [0.2, 0.25) is 0 Å². The zero-order valence-corrected chi connectivity index (χ0v) is 9.78. The Morgan fingerprint density at radius 3 is 2.62 bits per heavy atom. The Kier molecular flexibility index (Phi) is 2.55. The highest BCUT2D eigenvalue weighted by Gasteiger charge is 2.09. The van der Waals surface area contributed by atoms with Crippen LogP contribution in [0, 0.1) is 6.92 Å². The minimum Gasteiger partial charge on any atom is -0.449 e. The Labute approximate surface area is 93.9 Å². The molecule has 0 N–H and O–H groups in total. The van der Waals surface area contributed by atoms with E-state index in [-0.39, 0.29) is 4.90 Å². The quantitative estimate of drug-likeness (QED) is 0.802. The molecular weight excluding hydrogens is 226 g/mol. The van der Waals surface area contributed by atoms with Crippen LogP contribution in [0.25, 0.3) is 11.3 Å². The lowest BCUT2D eigenvalue weighted by Gasteiger charge is -2.00. The fraction of sp³-hybridized carbons (Fsp3) is 0.182. The van der Waals surface area contributed by atoms with Crippen molar-refractivity contribution >= 4 is 9.84 Å². The molecule has 16 heavy (non-hydrogen) atoms. The van der Waals surface area contributed by atoms with Crippen LogP contribution >= 0.6 is 0 Å². The molecule has 5 heteroatoms. The molecule has 84 valence electrons. The molecule has 0 atom stereocenters. The van der Waals surface area contributed by atoms with Crippen LogP contribution in [-0.2, 0) is 9.84 Å². The Hall–Kier alpha value is -1.62. The average Bonchev–Trinajstić information content (AvgIpc) is 2.64. The Bertz CT molecular complexity index is 614. The molecule has 0 aliphatic heterocycles. The van der Waals surface area contributed by atoms with Crippen molar-refractivity contribution in [1.29, 1.82) is 0 Å². The summed E-state index contributed by atoms with van der Waals surface area (Å²) < 4.78 is 27.8. The van der Waals surface area contributed by atoms with Gasteiger partial charge in [0.1, 0.15) is 12.0 Å². The zero-order valence-electron chi connectivity index (χ0n) is 8.97. The largest absolute Gasteiger partial charge is 0.449 e. The number of rotatable bonds is 2. The van der Waals surface area contributed by atoms with Crippen molar-refractivity contribution in [2.24, 2.45) is 0 Å². The predicted molar refractivity (Wildman–Crippen MR) is 59.8 cm³/mol. The maximum Gasteiger partial charge on any atom is 0.191 e. The third-order valence-electron chi connectivity index (χ3n) is 2.18. The van der Waals surface area contributed by atoms with Crippen LogP contribution < -0.4 is 0 Å². The molecule has 0 saturated carbocycles. The van der Waals surface area contributed by atoms with Crippen molar-refractivity contribution in [1.82, 2.24) is 4.98 Å². The summed E-state index contributed by atoms with van der Waals surface area (Å²) in [5, 5.41) is 0. The minimum atomic E-state index is -3.18. The first-order chi connectivity index (χ1) is 7.47. The van der Waals surface area contributed by atoms with Gasteiger partial charge in [0, 0.05) is 18.7 Å².